The summed E-state index contributed by atoms with van der Waals surface area (Å²) in [6.07, 6.45) is 13.0. The van der Waals surface area contributed by atoms with Crippen molar-refractivity contribution in [3.05, 3.63) is 23.8 Å². The molecule has 4 unspecified atom stereocenters. The lowest BCUT2D eigenvalue weighted by molar-refractivity contribution is -0.158. The van der Waals surface area contributed by atoms with Crippen molar-refractivity contribution in [3.8, 4) is 11.5 Å². The van der Waals surface area contributed by atoms with E-state index in [9.17, 15) is 13.6 Å². The maximum Gasteiger partial charge on any atom is 0.309 e. The van der Waals surface area contributed by atoms with E-state index in [0.717, 1.165) is 57.3 Å². The molecule has 35 heavy (non-hydrogen) atoms. The Labute approximate surface area is 209 Å². The molecule has 0 amide bonds. The number of esters is 1. The van der Waals surface area contributed by atoms with Crippen LogP contribution in [0.5, 0.6) is 11.5 Å². The topological polar surface area (TPSA) is 44.8 Å². The van der Waals surface area contributed by atoms with Gasteiger partial charge in [0.05, 0.1) is 19.1 Å². The number of hydrogen-bond acceptors (Lipinski definition) is 4. The van der Waals surface area contributed by atoms with Gasteiger partial charge in [-0.3, -0.25) is 4.79 Å². The molecule has 3 fully saturated rings. The number of carbonyl (C=O) groups excluding carboxylic acids is 1. The third-order valence-corrected chi connectivity index (χ3v) is 8.61. The highest BCUT2D eigenvalue weighted by molar-refractivity contribution is 5.72. The van der Waals surface area contributed by atoms with Gasteiger partial charge >= 0.3 is 5.97 Å². The molecule has 3 aliphatic carbocycles. The van der Waals surface area contributed by atoms with Gasteiger partial charge < -0.3 is 14.2 Å². The number of rotatable bonds is 9. The quantitative estimate of drug-likeness (QED) is 0.335. The molecule has 0 bridgehead atoms. The molecule has 196 valence electrons. The van der Waals surface area contributed by atoms with Crippen LogP contribution in [0, 0.1) is 41.2 Å². The van der Waals surface area contributed by atoms with E-state index >= 15 is 0 Å². The zero-order valence-electron chi connectivity index (χ0n) is 21.4. The summed E-state index contributed by atoms with van der Waals surface area (Å²) in [4.78, 5) is 12.9. The predicted octanol–water partition coefficient (Wildman–Crippen LogP) is 7.48. The maximum absolute atomic E-state index is 14.3. The van der Waals surface area contributed by atoms with Crippen LogP contribution in [-0.2, 0) is 9.53 Å². The van der Waals surface area contributed by atoms with Gasteiger partial charge in [0, 0.05) is 0 Å². The third-order valence-electron chi connectivity index (χ3n) is 8.61. The zero-order valence-corrected chi connectivity index (χ0v) is 21.4. The van der Waals surface area contributed by atoms with Crippen molar-refractivity contribution in [2.45, 2.75) is 97.0 Å². The second kappa shape index (κ2) is 12.4. The van der Waals surface area contributed by atoms with Crippen LogP contribution in [0.3, 0.4) is 0 Å². The van der Waals surface area contributed by atoms with Gasteiger partial charge in [0.1, 0.15) is 6.10 Å². The van der Waals surface area contributed by atoms with Crippen LogP contribution < -0.4 is 9.47 Å². The molecule has 3 aliphatic rings. The fraction of sp³-hybridized carbons (Fsp3) is 0.759. The van der Waals surface area contributed by atoms with Gasteiger partial charge in [-0.25, -0.2) is 0 Å². The number of hydrogen-bond donors (Lipinski definition) is 0. The molecule has 0 radical (unpaired) electrons. The first-order valence-electron chi connectivity index (χ1n) is 13.9. The average molecular weight is 493 g/mol. The van der Waals surface area contributed by atoms with Crippen molar-refractivity contribution in [1.29, 1.82) is 0 Å². The average Bonchev–Trinajstić information content (AvgIpc) is 2.87. The number of halogens is 2. The minimum Gasteiger partial charge on any atom is -0.491 e. The molecule has 6 heteroatoms. The van der Waals surface area contributed by atoms with Crippen LogP contribution in [-0.4, -0.2) is 25.3 Å². The molecule has 1 aromatic carbocycles. The SMILES string of the molecule is CCCC1CCC(OC(=O)C2CCC3CC(COc4ccc(OCC)c(F)c4F)CCC3C2)CC1. The highest BCUT2D eigenvalue weighted by atomic mass is 19.2. The van der Waals surface area contributed by atoms with Crippen LogP contribution >= 0.6 is 0 Å². The van der Waals surface area contributed by atoms with Crippen molar-refractivity contribution < 1.29 is 27.8 Å². The molecule has 4 nitrogen and oxygen atoms in total. The Bertz CT molecular complexity index is 836. The van der Waals surface area contributed by atoms with E-state index in [1.165, 1.54) is 37.8 Å². The molecular formula is C29H42F2O4. The summed E-state index contributed by atoms with van der Waals surface area (Å²) in [5.74, 6) is 0.224. The Morgan fingerprint density at radius 2 is 1.46 bits per heavy atom. The van der Waals surface area contributed by atoms with Crippen LogP contribution in [0.4, 0.5) is 8.78 Å². The highest BCUT2D eigenvalue weighted by Gasteiger charge is 2.39. The molecule has 4 atom stereocenters. The molecular weight excluding hydrogens is 450 g/mol. The van der Waals surface area contributed by atoms with Gasteiger partial charge in [0.15, 0.2) is 11.5 Å². The molecule has 4 rings (SSSR count). The van der Waals surface area contributed by atoms with Gasteiger partial charge in [0.2, 0.25) is 11.6 Å². The predicted molar refractivity (Wildman–Crippen MR) is 131 cm³/mol. The first kappa shape index (κ1) is 26.2. The standard InChI is InChI=1S/C29H42F2O4/c1-3-5-19-7-12-24(13-8-19)35-29(32)23-11-10-21-16-20(6-9-22(21)17-23)18-34-26-15-14-25(33-4-2)27(30)28(26)31/h14-15,19-24H,3-13,16-18H2,1-2H3. The summed E-state index contributed by atoms with van der Waals surface area (Å²) in [6, 6.07) is 2.87. The minimum absolute atomic E-state index is 0.0286. The van der Waals surface area contributed by atoms with Crippen molar-refractivity contribution >= 4 is 5.97 Å². The van der Waals surface area contributed by atoms with Gasteiger partial charge in [0.25, 0.3) is 0 Å². The van der Waals surface area contributed by atoms with Crippen LogP contribution in [0.2, 0.25) is 0 Å². The fourth-order valence-electron chi connectivity index (χ4n) is 6.66. The molecule has 0 saturated heterocycles. The minimum atomic E-state index is -0.993. The molecule has 0 N–H and O–H groups in total. The van der Waals surface area contributed by atoms with E-state index in [1.807, 2.05) is 0 Å². The fourth-order valence-corrected chi connectivity index (χ4v) is 6.66. The lowest BCUT2D eigenvalue weighted by atomic mass is 9.65. The molecule has 0 spiro atoms. The lowest BCUT2D eigenvalue weighted by Crippen LogP contribution is -2.36. The smallest absolute Gasteiger partial charge is 0.309 e. The van der Waals surface area contributed by atoms with Crippen molar-refractivity contribution in [3.63, 3.8) is 0 Å². The Kier molecular flexibility index (Phi) is 9.29. The molecule has 3 saturated carbocycles. The summed E-state index contributed by atoms with van der Waals surface area (Å²) in [7, 11) is 0. The van der Waals surface area contributed by atoms with Crippen molar-refractivity contribution in [2.75, 3.05) is 13.2 Å². The summed E-state index contributed by atoms with van der Waals surface area (Å²) in [5.41, 5.74) is 0. The second-order valence-corrected chi connectivity index (χ2v) is 11.0. The highest BCUT2D eigenvalue weighted by Crippen LogP contribution is 2.45. The molecule has 1 aromatic rings. The van der Waals surface area contributed by atoms with E-state index in [1.54, 1.807) is 6.92 Å². The van der Waals surface area contributed by atoms with Gasteiger partial charge in [-0.1, -0.05) is 19.8 Å². The number of fused-ring (bicyclic) bond motifs is 1. The summed E-state index contributed by atoms with van der Waals surface area (Å²) < 4.78 is 45.2. The first-order valence-corrected chi connectivity index (χ1v) is 13.9. The Morgan fingerprint density at radius 3 is 2.14 bits per heavy atom. The van der Waals surface area contributed by atoms with Crippen LogP contribution in [0.15, 0.2) is 12.1 Å². The molecule has 0 heterocycles. The van der Waals surface area contributed by atoms with Crippen molar-refractivity contribution in [2.24, 2.45) is 29.6 Å². The second-order valence-electron chi connectivity index (χ2n) is 11.0. The van der Waals surface area contributed by atoms with Crippen LogP contribution in [0.1, 0.15) is 90.9 Å². The van der Waals surface area contributed by atoms with Gasteiger partial charge in [-0.2, -0.15) is 8.78 Å². The van der Waals surface area contributed by atoms with E-state index in [0.29, 0.717) is 24.4 Å². The van der Waals surface area contributed by atoms with E-state index in [2.05, 4.69) is 6.92 Å². The Hall–Kier alpha value is -1.85. The Morgan fingerprint density at radius 1 is 0.829 bits per heavy atom. The maximum atomic E-state index is 14.3. The van der Waals surface area contributed by atoms with Crippen LogP contribution in [0.25, 0.3) is 0 Å². The largest absolute Gasteiger partial charge is 0.491 e. The number of carbonyl (C=O) groups is 1. The molecule has 0 aliphatic heterocycles. The zero-order chi connectivity index (χ0) is 24.8. The third kappa shape index (κ3) is 6.68. The summed E-state index contributed by atoms with van der Waals surface area (Å²) in [5, 5.41) is 0. The van der Waals surface area contributed by atoms with Gasteiger partial charge in [-0.05, 0) is 107 Å². The van der Waals surface area contributed by atoms with Gasteiger partial charge in [-0.15, -0.1) is 0 Å². The number of ether oxygens (including phenoxy) is 3. The normalized spacial score (nSPS) is 30.9. The number of benzene rings is 1. The van der Waals surface area contributed by atoms with E-state index < -0.39 is 11.6 Å². The van der Waals surface area contributed by atoms with E-state index in [4.69, 9.17) is 14.2 Å². The Balaban J connectivity index is 1.20. The van der Waals surface area contributed by atoms with E-state index in [-0.39, 0.29) is 36.1 Å². The lowest BCUT2D eigenvalue weighted by Gasteiger charge is -2.41. The first-order chi connectivity index (χ1) is 17.0. The summed E-state index contributed by atoms with van der Waals surface area (Å²) in [6.45, 7) is 4.64. The van der Waals surface area contributed by atoms with Crippen molar-refractivity contribution in [1.82, 2.24) is 0 Å². The summed E-state index contributed by atoms with van der Waals surface area (Å²) >= 11 is 0. The molecule has 0 aromatic heterocycles. The monoisotopic (exact) mass is 492 g/mol.